The Labute approximate surface area is 159 Å². The van der Waals surface area contributed by atoms with Crippen molar-refractivity contribution in [1.82, 2.24) is 20.4 Å². The molecule has 1 aliphatic rings. The van der Waals surface area contributed by atoms with Gasteiger partial charge >= 0.3 is 0 Å². The second kappa shape index (κ2) is 7.77. The minimum atomic E-state index is -0.0882. The molecule has 7 heteroatoms. The number of hydrogen-bond donors (Lipinski definition) is 2. The first-order valence-corrected chi connectivity index (χ1v) is 8.58. The molecule has 2 N–H and O–H groups in total. The van der Waals surface area contributed by atoms with E-state index in [0.717, 1.165) is 17.8 Å². The van der Waals surface area contributed by atoms with E-state index >= 15 is 0 Å². The number of aromatic amines is 1. The minimum Gasteiger partial charge on any atom is -0.328 e. The highest BCUT2D eigenvalue weighted by Crippen LogP contribution is 2.30. The van der Waals surface area contributed by atoms with Crippen molar-refractivity contribution in [3.8, 4) is 0 Å². The summed E-state index contributed by atoms with van der Waals surface area (Å²) in [6.07, 6.45) is 0. The summed E-state index contributed by atoms with van der Waals surface area (Å²) < 4.78 is 0. The van der Waals surface area contributed by atoms with Gasteiger partial charge in [0.05, 0.1) is 6.04 Å². The highest BCUT2D eigenvalue weighted by molar-refractivity contribution is 6.31. The molecule has 0 bridgehead atoms. The van der Waals surface area contributed by atoms with E-state index < -0.39 is 0 Å². The molecule has 1 unspecified atom stereocenters. The third-order valence-electron chi connectivity index (χ3n) is 4.37. The van der Waals surface area contributed by atoms with E-state index in [1.54, 1.807) is 0 Å². The van der Waals surface area contributed by atoms with Crippen LogP contribution in [0.5, 0.6) is 0 Å². The van der Waals surface area contributed by atoms with Gasteiger partial charge in [-0.15, -0.1) is 12.4 Å². The number of benzene rings is 1. The fraction of sp³-hybridized carbons (Fsp3) is 0.444. The van der Waals surface area contributed by atoms with Gasteiger partial charge < -0.3 is 10.2 Å². The predicted molar refractivity (Wildman–Crippen MR) is 103 cm³/mol. The summed E-state index contributed by atoms with van der Waals surface area (Å²) in [5, 5.41) is 11.3. The summed E-state index contributed by atoms with van der Waals surface area (Å²) >= 11 is 6.35. The maximum Gasteiger partial charge on any atom is 0.274 e. The van der Waals surface area contributed by atoms with Crippen molar-refractivity contribution in [3.63, 3.8) is 0 Å². The van der Waals surface area contributed by atoms with E-state index in [1.807, 2.05) is 35.2 Å². The zero-order valence-corrected chi connectivity index (χ0v) is 16.2. The van der Waals surface area contributed by atoms with Crippen LogP contribution in [0.4, 0.5) is 0 Å². The normalized spacial score (nSPS) is 17.9. The van der Waals surface area contributed by atoms with Crippen molar-refractivity contribution in [2.45, 2.75) is 32.2 Å². The van der Waals surface area contributed by atoms with Crippen LogP contribution in [0.15, 0.2) is 30.3 Å². The molecule has 3 rings (SSSR count). The summed E-state index contributed by atoms with van der Waals surface area (Å²) in [5.74, 6) is -0.0619. The Hall–Kier alpha value is -1.56. The largest absolute Gasteiger partial charge is 0.328 e. The fourth-order valence-electron chi connectivity index (χ4n) is 2.93. The van der Waals surface area contributed by atoms with Crippen LogP contribution in [0.1, 0.15) is 48.6 Å². The van der Waals surface area contributed by atoms with E-state index in [-0.39, 0.29) is 29.8 Å². The second-order valence-electron chi connectivity index (χ2n) is 7.16. The Morgan fingerprint density at radius 3 is 2.68 bits per heavy atom. The molecular weight excluding hydrogens is 359 g/mol. The van der Waals surface area contributed by atoms with Crippen LogP contribution in [-0.4, -0.2) is 40.6 Å². The van der Waals surface area contributed by atoms with E-state index in [0.29, 0.717) is 23.8 Å². The van der Waals surface area contributed by atoms with E-state index in [9.17, 15) is 4.79 Å². The molecule has 0 aliphatic carbocycles. The Kier molecular flexibility index (Phi) is 6.14. The number of hydrogen-bond acceptors (Lipinski definition) is 3. The maximum atomic E-state index is 13.0. The van der Waals surface area contributed by atoms with Crippen LogP contribution < -0.4 is 5.32 Å². The number of H-pyrrole nitrogens is 1. The van der Waals surface area contributed by atoms with Crippen LogP contribution >= 0.6 is 24.0 Å². The third-order valence-corrected chi connectivity index (χ3v) is 4.72. The van der Waals surface area contributed by atoms with Gasteiger partial charge in [0.2, 0.25) is 0 Å². The maximum absolute atomic E-state index is 13.0. The van der Waals surface area contributed by atoms with Gasteiger partial charge in [-0.1, -0.05) is 50.6 Å². The molecule has 1 saturated heterocycles. The molecule has 1 aromatic carbocycles. The number of rotatable bonds is 2. The fourth-order valence-corrected chi connectivity index (χ4v) is 3.19. The molecule has 0 spiro atoms. The number of halogens is 2. The summed E-state index contributed by atoms with van der Waals surface area (Å²) in [6.45, 7) is 8.35. The lowest BCUT2D eigenvalue weighted by atomic mass is 9.92. The van der Waals surface area contributed by atoms with Crippen LogP contribution in [0, 0.1) is 0 Å². The number of amides is 1. The number of piperazine rings is 1. The topological polar surface area (TPSA) is 61.0 Å². The van der Waals surface area contributed by atoms with Crippen molar-refractivity contribution >= 4 is 29.9 Å². The molecule has 5 nitrogen and oxygen atoms in total. The predicted octanol–water partition coefficient (Wildman–Crippen LogP) is 3.57. The first-order chi connectivity index (χ1) is 11.4. The number of nitrogens with one attached hydrogen (secondary N) is 2. The molecule has 2 aromatic rings. The quantitative estimate of drug-likeness (QED) is 0.834. The molecule has 2 heterocycles. The lowest BCUT2D eigenvalue weighted by molar-refractivity contribution is 0.0628. The molecule has 1 fully saturated rings. The molecule has 1 aromatic heterocycles. The van der Waals surface area contributed by atoms with Crippen molar-refractivity contribution in [1.29, 1.82) is 0 Å². The summed E-state index contributed by atoms with van der Waals surface area (Å²) in [6, 6.07) is 9.46. The van der Waals surface area contributed by atoms with Crippen molar-refractivity contribution in [2.75, 3.05) is 19.6 Å². The molecule has 0 saturated carbocycles. The van der Waals surface area contributed by atoms with Gasteiger partial charge in [0.1, 0.15) is 5.69 Å². The van der Waals surface area contributed by atoms with Crippen LogP contribution in [0.2, 0.25) is 5.02 Å². The Bertz CT molecular complexity index is 739. The van der Waals surface area contributed by atoms with Gasteiger partial charge in [0.25, 0.3) is 5.91 Å². The van der Waals surface area contributed by atoms with Gasteiger partial charge in [-0.3, -0.25) is 9.89 Å². The smallest absolute Gasteiger partial charge is 0.274 e. The van der Waals surface area contributed by atoms with Gasteiger partial charge in [0, 0.05) is 35.8 Å². The third kappa shape index (κ3) is 4.17. The minimum absolute atomic E-state index is 0. The van der Waals surface area contributed by atoms with Gasteiger partial charge in [0.15, 0.2) is 0 Å². The molecule has 25 heavy (non-hydrogen) atoms. The van der Waals surface area contributed by atoms with Crippen molar-refractivity contribution < 1.29 is 4.79 Å². The summed E-state index contributed by atoms with van der Waals surface area (Å²) in [7, 11) is 0. The molecule has 1 aliphatic heterocycles. The zero-order valence-electron chi connectivity index (χ0n) is 14.7. The van der Waals surface area contributed by atoms with E-state index in [2.05, 4.69) is 36.3 Å². The number of carbonyl (C=O) groups excluding carboxylic acids is 1. The first kappa shape index (κ1) is 19.8. The lowest BCUT2D eigenvalue weighted by Gasteiger charge is -2.36. The molecule has 1 amide bonds. The average molecular weight is 383 g/mol. The van der Waals surface area contributed by atoms with E-state index in [1.165, 1.54) is 0 Å². The zero-order chi connectivity index (χ0) is 17.3. The Morgan fingerprint density at radius 1 is 1.32 bits per heavy atom. The van der Waals surface area contributed by atoms with Crippen LogP contribution in [-0.2, 0) is 5.41 Å². The monoisotopic (exact) mass is 382 g/mol. The Morgan fingerprint density at radius 2 is 2.04 bits per heavy atom. The highest BCUT2D eigenvalue weighted by atomic mass is 35.5. The summed E-state index contributed by atoms with van der Waals surface area (Å²) in [5.41, 5.74) is 2.30. The lowest BCUT2D eigenvalue weighted by Crippen LogP contribution is -2.48. The number of carbonyl (C=O) groups is 1. The first-order valence-electron chi connectivity index (χ1n) is 8.20. The van der Waals surface area contributed by atoms with Gasteiger partial charge in [-0.2, -0.15) is 5.10 Å². The van der Waals surface area contributed by atoms with Crippen LogP contribution in [0.3, 0.4) is 0 Å². The Balaban J connectivity index is 0.00000225. The molecule has 1 atom stereocenters. The second-order valence-corrected chi connectivity index (χ2v) is 7.56. The standard InChI is InChI=1S/C18H23ClN4O.ClH/c1-18(2,3)16-10-14(21-22-16)17(24)23-9-8-20-11-15(23)12-6-4-5-7-13(12)19;/h4-7,10,15,20H,8-9,11H2,1-3H3,(H,21,22);1H. The molecule has 136 valence electrons. The van der Waals surface area contributed by atoms with Crippen LogP contribution in [0.25, 0.3) is 0 Å². The molecule has 0 radical (unpaired) electrons. The average Bonchev–Trinajstić information content (AvgIpc) is 3.05. The van der Waals surface area contributed by atoms with Crippen molar-refractivity contribution in [2.24, 2.45) is 0 Å². The number of aromatic nitrogens is 2. The van der Waals surface area contributed by atoms with Gasteiger partial charge in [-0.25, -0.2) is 0 Å². The highest BCUT2D eigenvalue weighted by Gasteiger charge is 2.31. The van der Waals surface area contributed by atoms with E-state index in [4.69, 9.17) is 11.6 Å². The van der Waals surface area contributed by atoms with Gasteiger partial charge in [-0.05, 0) is 17.7 Å². The SMILES string of the molecule is CC(C)(C)c1cc(C(=O)N2CCNCC2c2ccccc2Cl)n[nH]1.Cl. The molecular formula is C18H24Cl2N4O. The summed E-state index contributed by atoms with van der Waals surface area (Å²) in [4.78, 5) is 14.9. The van der Waals surface area contributed by atoms with Crippen molar-refractivity contribution in [3.05, 3.63) is 52.3 Å². The number of nitrogens with zero attached hydrogens (tertiary/aromatic N) is 2.